The first-order chi connectivity index (χ1) is 22.2. The van der Waals surface area contributed by atoms with Gasteiger partial charge < -0.3 is 45.1 Å². The maximum Gasteiger partial charge on any atom is 0.349 e. The molecule has 1 fully saturated rings. The van der Waals surface area contributed by atoms with Gasteiger partial charge in [-0.05, 0) is 13.0 Å². The molecular weight excluding hydrogens is 710 g/mol. The van der Waals surface area contributed by atoms with Crippen LogP contribution in [0.25, 0.3) is 0 Å². The topological polar surface area (TPSA) is 212 Å². The number of carbonyl (C=O) groups excluding carboxylic acids is 4. The molecule has 17 heteroatoms. The summed E-state index contributed by atoms with van der Waals surface area (Å²) in [6, 6.07) is 3.57. The van der Waals surface area contributed by atoms with E-state index in [1.54, 1.807) is 6.92 Å². The fourth-order valence-electron chi connectivity index (χ4n) is 6.27. The lowest BCUT2D eigenvalue weighted by atomic mass is 9.72. The number of hydrogen-bond acceptors (Lipinski definition) is 16. The average molecular weight is 740 g/mol. The van der Waals surface area contributed by atoms with E-state index >= 15 is 0 Å². The van der Waals surface area contributed by atoms with Gasteiger partial charge in [-0.3, -0.25) is 14.4 Å². The Morgan fingerprint density at radius 3 is 2.50 bits per heavy atom. The standard InChI is InChI=1S/C31H29NO12S3.ClH/c1-11-24(34)14(32)6-19(43-11)44-16-8-31(40,18(33)9-42-29(39)17-10-46-30(45)47-17)7-13-21(16)28(38)23-22(26(13)36)25(35)12-4-3-5-15(41-2)20(12)27(23)37;/h3-5,10-11,14,16,19,24,34,36,38,40H,6-9,32H2,1-2H3;1H/t11-,14-,16-,19-,24+,31-;/m0./s1. The van der Waals surface area contributed by atoms with Gasteiger partial charge in [0.2, 0.25) is 11.6 Å². The first kappa shape index (κ1) is 36.0. The molecule has 2 aliphatic carbocycles. The van der Waals surface area contributed by atoms with Crippen LogP contribution in [0.2, 0.25) is 0 Å². The quantitative estimate of drug-likeness (QED) is 0.105. The Hall–Kier alpha value is -3.32. The number of esters is 1. The highest BCUT2D eigenvalue weighted by Gasteiger charge is 2.50. The summed E-state index contributed by atoms with van der Waals surface area (Å²) in [5, 5.41) is 46.8. The van der Waals surface area contributed by atoms with Crippen LogP contribution in [-0.4, -0.2) is 87.6 Å². The van der Waals surface area contributed by atoms with Crippen molar-refractivity contribution in [2.75, 3.05) is 13.7 Å². The maximum absolute atomic E-state index is 13.8. The van der Waals surface area contributed by atoms with E-state index in [0.717, 1.165) is 22.7 Å². The van der Waals surface area contributed by atoms with Gasteiger partial charge in [0.25, 0.3) is 0 Å². The zero-order valence-electron chi connectivity index (χ0n) is 25.3. The first-order valence-electron chi connectivity index (χ1n) is 14.4. The molecule has 6 N–H and O–H groups in total. The second-order valence-corrected chi connectivity index (χ2v) is 14.6. The number of halogens is 1. The number of carbonyl (C=O) groups is 4. The van der Waals surface area contributed by atoms with Crippen LogP contribution in [0, 0.1) is 3.14 Å². The summed E-state index contributed by atoms with van der Waals surface area (Å²) in [6.45, 7) is 0.712. The number of phenolic OH excluding ortho intramolecular Hbond substituents is 2. The van der Waals surface area contributed by atoms with E-state index in [-0.39, 0.29) is 51.7 Å². The molecule has 1 saturated heterocycles. The number of methoxy groups -OCH3 is 1. The van der Waals surface area contributed by atoms with Crippen molar-refractivity contribution >= 4 is 70.6 Å². The molecule has 6 rings (SSSR count). The predicted molar refractivity (Wildman–Crippen MR) is 175 cm³/mol. The number of phenols is 2. The van der Waals surface area contributed by atoms with Crippen LogP contribution in [-0.2, 0) is 25.4 Å². The average Bonchev–Trinajstić information content (AvgIpc) is 3.48. The number of hydrogen-bond donors (Lipinski definition) is 5. The first-order valence-corrected chi connectivity index (χ1v) is 16.5. The minimum Gasteiger partial charge on any atom is -0.507 e. The molecule has 3 aromatic rings. The summed E-state index contributed by atoms with van der Waals surface area (Å²) < 4.78 is 22.9. The van der Waals surface area contributed by atoms with E-state index in [1.165, 1.54) is 30.7 Å². The number of aliphatic hydroxyl groups excluding tert-OH is 1. The highest BCUT2D eigenvalue weighted by molar-refractivity contribution is 7.76. The monoisotopic (exact) mass is 739 g/mol. The fraction of sp³-hybridized carbons (Fsp3) is 0.387. The van der Waals surface area contributed by atoms with Crippen molar-refractivity contribution in [3.05, 3.63) is 65.0 Å². The Balaban J connectivity index is 0.00000451. The summed E-state index contributed by atoms with van der Waals surface area (Å²) in [4.78, 5) is 53.8. The second kappa shape index (κ2) is 13.5. The third kappa shape index (κ3) is 6.05. The van der Waals surface area contributed by atoms with Crippen molar-refractivity contribution in [3.8, 4) is 17.2 Å². The minimum atomic E-state index is -2.35. The molecule has 2 aromatic carbocycles. The Labute approximate surface area is 292 Å². The lowest BCUT2D eigenvalue weighted by Gasteiger charge is -2.42. The third-order valence-corrected chi connectivity index (χ3v) is 11.1. The van der Waals surface area contributed by atoms with Crippen molar-refractivity contribution in [3.63, 3.8) is 0 Å². The molecule has 0 amide bonds. The van der Waals surface area contributed by atoms with E-state index in [4.69, 9.17) is 36.9 Å². The molecule has 0 radical (unpaired) electrons. The smallest absolute Gasteiger partial charge is 0.349 e. The molecular formula is C31H30ClNO12S3. The summed E-state index contributed by atoms with van der Waals surface area (Å²) >= 11 is 7.20. The molecule has 0 unspecified atom stereocenters. The lowest BCUT2D eigenvalue weighted by Crippen LogP contribution is -2.53. The number of Topliss-reactive ketones (excluding diaryl/α,β-unsaturated/α-hetero) is 1. The van der Waals surface area contributed by atoms with Crippen molar-refractivity contribution in [1.82, 2.24) is 0 Å². The minimum absolute atomic E-state index is 0. The number of nitrogens with two attached hydrogens (primary N) is 1. The zero-order chi connectivity index (χ0) is 33.9. The van der Waals surface area contributed by atoms with Crippen molar-refractivity contribution < 1.29 is 58.6 Å². The molecule has 0 bridgehead atoms. The summed E-state index contributed by atoms with van der Waals surface area (Å²) in [5.74, 6) is -4.72. The Morgan fingerprint density at radius 1 is 1.15 bits per heavy atom. The Kier molecular flexibility index (Phi) is 10.1. The van der Waals surface area contributed by atoms with Crippen molar-refractivity contribution in [2.45, 2.75) is 62.4 Å². The number of fused-ring (bicyclic) bond motifs is 3. The molecule has 1 aliphatic heterocycles. The number of ether oxygens (including phenoxy) is 4. The number of rotatable bonds is 7. The number of benzene rings is 2. The molecule has 0 spiro atoms. The van der Waals surface area contributed by atoms with Crippen LogP contribution in [0.4, 0.5) is 0 Å². The molecule has 256 valence electrons. The van der Waals surface area contributed by atoms with Gasteiger partial charge in [-0.2, -0.15) is 0 Å². The van der Waals surface area contributed by atoms with Crippen LogP contribution in [0.3, 0.4) is 0 Å². The van der Waals surface area contributed by atoms with Crippen molar-refractivity contribution in [1.29, 1.82) is 0 Å². The van der Waals surface area contributed by atoms with Gasteiger partial charge in [-0.15, -0.1) is 35.1 Å². The van der Waals surface area contributed by atoms with Gasteiger partial charge in [0, 0.05) is 47.4 Å². The highest BCUT2D eigenvalue weighted by atomic mass is 35.5. The Morgan fingerprint density at radius 2 is 1.85 bits per heavy atom. The van der Waals surface area contributed by atoms with E-state index in [9.17, 15) is 39.6 Å². The van der Waals surface area contributed by atoms with Gasteiger partial charge >= 0.3 is 5.97 Å². The highest BCUT2D eigenvalue weighted by Crippen LogP contribution is 2.52. The van der Waals surface area contributed by atoms with Crippen molar-refractivity contribution in [2.24, 2.45) is 5.73 Å². The van der Waals surface area contributed by atoms with E-state index < -0.39 is 102 Å². The van der Waals surface area contributed by atoms with E-state index in [1.807, 2.05) is 0 Å². The van der Waals surface area contributed by atoms with Crippen LogP contribution in [0.1, 0.15) is 78.5 Å². The van der Waals surface area contributed by atoms with E-state index in [0.29, 0.717) is 3.14 Å². The molecule has 1 aromatic heterocycles. The van der Waals surface area contributed by atoms with Gasteiger partial charge in [0.1, 0.15) is 30.9 Å². The second-order valence-electron chi connectivity index (χ2n) is 11.5. The predicted octanol–water partition coefficient (Wildman–Crippen LogP) is 3.14. The van der Waals surface area contributed by atoms with E-state index in [2.05, 4.69) is 0 Å². The summed E-state index contributed by atoms with van der Waals surface area (Å²) in [6.07, 6.45) is -5.49. The number of aromatic hydroxyl groups is 2. The summed E-state index contributed by atoms with van der Waals surface area (Å²) in [5.41, 5.74) is 2.17. The van der Waals surface area contributed by atoms with Crippen LogP contribution in [0.15, 0.2) is 23.6 Å². The van der Waals surface area contributed by atoms with Gasteiger partial charge in [-0.25, -0.2) is 4.79 Å². The molecule has 6 atom stereocenters. The zero-order valence-corrected chi connectivity index (χ0v) is 28.6. The third-order valence-electron chi connectivity index (χ3n) is 8.65. The van der Waals surface area contributed by atoms with Gasteiger partial charge in [0.15, 0.2) is 18.7 Å². The fourth-order valence-corrected chi connectivity index (χ4v) is 8.25. The largest absolute Gasteiger partial charge is 0.507 e. The molecule has 2 heterocycles. The van der Waals surface area contributed by atoms with Crippen LogP contribution >= 0.6 is 47.3 Å². The normalized spacial score (nSPS) is 26.1. The van der Waals surface area contributed by atoms with Gasteiger partial charge in [-0.1, -0.05) is 24.4 Å². The lowest BCUT2D eigenvalue weighted by molar-refractivity contribution is -0.247. The molecule has 3 aliphatic rings. The number of ketones is 3. The molecule has 0 saturated carbocycles. The molecule has 48 heavy (non-hydrogen) atoms. The maximum atomic E-state index is 13.8. The summed E-state index contributed by atoms with van der Waals surface area (Å²) in [7, 11) is 1.32. The molecule has 13 nitrogen and oxygen atoms in total. The Bertz CT molecular complexity index is 1880. The van der Waals surface area contributed by atoms with Crippen LogP contribution < -0.4 is 10.5 Å². The van der Waals surface area contributed by atoms with Gasteiger partial charge in [0.05, 0.1) is 42.1 Å². The number of aliphatic hydroxyl groups is 2. The van der Waals surface area contributed by atoms with Crippen LogP contribution in [0.5, 0.6) is 17.2 Å². The SMILES string of the molecule is COc1cccc2c1C(=O)c1c(O)c3c(c(O)c1C2=O)C[C@@](O)(C(=O)COC(=O)c1csc(=S)s1)C[C@@H]3O[C@H]1C[C@H](N)[C@H](O)[C@H](C)O1.Cl.